The second-order valence-electron chi connectivity index (χ2n) is 6.82. The van der Waals surface area contributed by atoms with Crippen molar-refractivity contribution in [1.82, 2.24) is 4.90 Å². The molecule has 1 saturated heterocycles. The lowest BCUT2D eigenvalue weighted by Gasteiger charge is -2.26. The highest BCUT2D eigenvalue weighted by molar-refractivity contribution is 6.10. The minimum atomic E-state index is -0.433. The van der Waals surface area contributed by atoms with E-state index in [-0.39, 0.29) is 5.78 Å². The van der Waals surface area contributed by atoms with E-state index < -0.39 is 11.7 Å². The van der Waals surface area contributed by atoms with Gasteiger partial charge in [0, 0.05) is 30.6 Å². The number of methoxy groups -OCH3 is 1. The van der Waals surface area contributed by atoms with Gasteiger partial charge in [-0.05, 0) is 49.4 Å². The van der Waals surface area contributed by atoms with Crippen molar-refractivity contribution in [1.29, 1.82) is 0 Å². The Labute approximate surface area is 169 Å². The van der Waals surface area contributed by atoms with Gasteiger partial charge in [0.05, 0.1) is 26.0 Å². The molecular formula is C22H25FN2O4. The Morgan fingerprint density at radius 2 is 1.86 bits per heavy atom. The molecule has 1 aliphatic rings. The first kappa shape index (κ1) is 21.0. The average Bonchev–Trinajstić information content (AvgIpc) is 2.75. The Kier molecular flexibility index (Phi) is 7.32. The van der Waals surface area contributed by atoms with Gasteiger partial charge >= 0.3 is 0 Å². The van der Waals surface area contributed by atoms with Gasteiger partial charge in [-0.1, -0.05) is 6.07 Å². The number of carbonyl (C=O) groups is 2. The van der Waals surface area contributed by atoms with Gasteiger partial charge < -0.3 is 14.8 Å². The number of amides is 1. The Balaban J connectivity index is 1.70. The molecule has 1 N–H and O–H groups in total. The predicted octanol–water partition coefficient (Wildman–Crippen LogP) is 3.38. The normalized spacial score (nSPS) is 14.4. The van der Waals surface area contributed by atoms with Gasteiger partial charge in [0.2, 0.25) is 0 Å². The van der Waals surface area contributed by atoms with Crippen molar-refractivity contribution in [2.24, 2.45) is 0 Å². The maximum absolute atomic E-state index is 13.1. The monoisotopic (exact) mass is 400 g/mol. The molecule has 1 amide bonds. The summed E-state index contributed by atoms with van der Waals surface area (Å²) in [7, 11) is 1.48. The Morgan fingerprint density at radius 3 is 2.55 bits per heavy atom. The molecule has 1 aliphatic heterocycles. The second kappa shape index (κ2) is 10.1. The fraction of sp³-hybridized carbons (Fsp3) is 0.364. The Hall–Kier alpha value is -2.77. The first-order chi connectivity index (χ1) is 14.1. The predicted molar refractivity (Wildman–Crippen MR) is 108 cm³/mol. The smallest absolute Gasteiger partial charge is 0.255 e. The third-order valence-corrected chi connectivity index (χ3v) is 4.87. The van der Waals surface area contributed by atoms with Crippen LogP contribution in [0.4, 0.5) is 10.1 Å². The molecule has 154 valence electrons. The highest BCUT2D eigenvalue weighted by atomic mass is 19.1. The number of para-hydroxylation sites is 1. The SMILES string of the molecule is COc1cccc(C(=O)CCCN2CCOCC2)c1NC(=O)c1ccc(F)cc1. The molecule has 29 heavy (non-hydrogen) atoms. The number of hydrogen-bond acceptors (Lipinski definition) is 5. The fourth-order valence-electron chi connectivity index (χ4n) is 3.27. The lowest BCUT2D eigenvalue weighted by atomic mass is 10.0. The largest absolute Gasteiger partial charge is 0.495 e. The molecule has 0 saturated carbocycles. The minimum absolute atomic E-state index is 0.0634. The summed E-state index contributed by atoms with van der Waals surface area (Å²) >= 11 is 0. The molecular weight excluding hydrogens is 375 g/mol. The van der Waals surface area contributed by atoms with Gasteiger partial charge in [0.25, 0.3) is 5.91 Å². The lowest BCUT2D eigenvalue weighted by molar-refractivity contribution is 0.0371. The van der Waals surface area contributed by atoms with Gasteiger partial charge in [-0.25, -0.2) is 4.39 Å². The van der Waals surface area contributed by atoms with Crippen LogP contribution in [0.3, 0.4) is 0 Å². The number of benzene rings is 2. The molecule has 6 nitrogen and oxygen atoms in total. The summed E-state index contributed by atoms with van der Waals surface area (Å²) in [6.45, 7) is 4.04. The summed E-state index contributed by atoms with van der Waals surface area (Å²) in [4.78, 5) is 27.7. The average molecular weight is 400 g/mol. The van der Waals surface area contributed by atoms with E-state index in [9.17, 15) is 14.0 Å². The quantitative estimate of drug-likeness (QED) is 0.688. The number of carbonyl (C=O) groups excluding carboxylic acids is 2. The number of anilines is 1. The van der Waals surface area contributed by atoms with E-state index in [1.54, 1.807) is 18.2 Å². The van der Waals surface area contributed by atoms with Crippen LogP contribution in [0.15, 0.2) is 42.5 Å². The molecule has 0 bridgehead atoms. The van der Waals surface area contributed by atoms with Crippen LogP contribution < -0.4 is 10.1 Å². The second-order valence-corrected chi connectivity index (χ2v) is 6.82. The van der Waals surface area contributed by atoms with E-state index in [4.69, 9.17) is 9.47 Å². The highest BCUT2D eigenvalue weighted by Crippen LogP contribution is 2.30. The summed E-state index contributed by atoms with van der Waals surface area (Å²) in [6, 6.07) is 10.3. The molecule has 1 fully saturated rings. The molecule has 3 rings (SSSR count). The third-order valence-electron chi connectivity index (χ3n) is 4.87. The van der Waals surface area contributed by atoms with Crippen LogP contribution in [0, 0.1) is 5.82 Å². The van der Waals surface area contributed by atoms with Crippen LogP contribution in [0.1, 0.15) is 33.6 Å². The summed E-state index contributed by atoms with van der Waals surface area (Å²) in [5.41, 5.74) is 1.03. The third kappa shape index (κ3) is 5.62. The van der Waals surface area contributed by atoms with Crippen molar-refractivity contribution in [2.45, 2.75) is 12.8 Å². The zero-order chi connectivity index (χ0) is 20.6. The highest BCUT2D eigenvalue weighted by Gasteiger charge is 2.19. The van der Waals surface area contributed by atoms with E-state index in [2.05, 4.69) is 10.2 Å². The van der Waals surface area contributed by atoms with E-state index >= 15 is 0 Å². The zero-order valence-corrected chi connectivity index (χ0v) is 16.4. The maximum atomic E-state index is 13.1. The van der Waals surface area contributed by atoms with Crippen LogP contribution in [0.25, 0.3) is 0 Å². The van der Waals surface area contributed by atoms with Crippen molar-refractivity contribution in [3.8, 4) is 5.75 Å². The first-order valence-electron chi connectivity index (χ1n) is 9.65. The van der Waals surface area contributed by atoms with Crippen LogP contribution in [0.5, 0.6) is 5.75 Å². The molecule has 7 heteroatoms. The Morgan fingerprint density at radius 1 is 1.14 bits per heavy atom. The molecule has 0 radical (unpaired) electrons. The van der Waals surface area contributed by atoms with Gasteiger partial charge in [0.15, 0.2) is 5.78 Å². The topological polar surface area (TPSA) is 67.9 Å². The van der Waals surface area contributed by atoms with E-state index in [0.29, 0.717) is 29.0 Å². The van der Waals surface area contributed by atoms with E-state index in [0.717, 1.165) is 39.3 Å². The molecule has 2 aromatic carbocycles. The molecule has 1 heterocycles. The van der Waals surface area contributed by atoms with Crippen molar-refractivity contribution < 1.29 is 23.5 Å². The number of ether oxygens (including phenoxy) is 2. The summed E-state index contributed by atoms with van der Waals surface area (Å²) in [5, 5.41) is 2.75. The molecule has 0 unspecified atom stereocenters. The van der Waals surface area contributed by atoms with E-state index in [1.165, 1.54) is 31.4 Å². The molecule has 2 aromatic rings. The number of halogens is 1. The van der Waals surface area contributed by atoms with Crippen LogP contribution in [0.2, 0.25) is 0 Å². The number of nitrogens with zero attached hydrogens (tertiary/aromatic N) is 1. The van der Waals surface area contributed by atoms with Crippen molar-refractivity contribution in [2.75, 3.05) is 45.3 Å². The number of ketones is 1. The molecule has 0 spiro atoms. The van der Waals surface area contributed by atoms with Crippen molar-refractivity contribution in [3.05, 3.63) is 59.4 Å². The Bertz CT molecular complexity index is 848. The molecule has 0 aromatic heterocycles. The standard InChI is InChI=1S/C22H25FN2O4/c1-28-20-6-2-4-18(19(26)5-3-11-25-12-14-29-15-13-25)21(20)24-22(27)16-7-9-17(23)10-8-16/h2,4,6-10H,3,5,11-15H2,1H3,(H,24,27). The fourth-order valence-corrected chi connectivity index (χ4v) is 3.27. The summed E-state index contributed by atoms with van der Waals surface area (Å²) < 4.78 is 23.8. The van der Waals surface area contributed by atoms with Crippen molar-refractivity contribution in [3.63, 3.8) is 0 Å². The number of nitrogens with one attached hydrogen (secondary N) is 1. The van der Waals surface area contributed by atoms with Crippen molar-refractivity contribution >= 4 is 17.4 Å². The number of rotatable bonds is 8. The number of hydrogen-bond donors (Lipinski definition) is 1. The first-order valence-corrected chi connectivity index (χ1v) is 9.65. The molecule has 0 aliphatic carbocycles. The van der Waals surface area contributed by atoms with Crippen LogP contribution >= 0.6 is 0 Å². The minimum Gasteiger partial charge on any atom is -0.495 e. The number of morpholine rings is 1. The van der Waals surface area contributed by atoms with Crippen LogP contribution in [-0.2, 0) is 4.74 Å². The van der Waals surface area contributed by atoms with Gasteiger partial charge in [-0.2, -0.15) is 0 Å². The number of Topliss-reactive ketones (excluding diaryl/α,β-unsaturated/α-hetero) is 1. The van der Waals surface area contributed by atoms with Gasteiger partial charge in [-0.3, -0.25) is 14.5 Å². The van der Waals surface area contributed by atoms with Gasteiger partial charge in [-0.15, -0.1) is 0 Å². The lowest BCUT2D eigenvalue weighted by Crippen LogP contribution is -2.36. The zero-order valence-electron chi connectivity index (χ0n) is 16.4. The molecule has 0 atom stereocenters. The van der Waals surface area contributed by atoms with Gasteiger partial charge in [0.1, 0.15) is 11.6 Å². The van der Waals surface area contributed by atoms with Crippen LogP contribution in [-0.4, -0.2) is 56.5 Å². The summed E-state index contributed by atoms with van der Waals surface area (Å²) in [5.74, 6) is -0.516. The summed E-state index contributed by atoms with van der Waals surface area (Å²) in [6.07, 6.45) is 1.09. The maximum Gasteiger partial charge on any atom is 0.255 e. The van der Waals surface area contributed by atoms with E-state index in [1.807, 2.05) is 0 Å².